The van der Waals surface area contributed by atoms with Crippen LogP contribution in [0.25, 0.3) is 0 Å². The van der Waals surface area contributed by atoms with E-state index in [0.717, 1.165) is 12.1 Å². The van der Waals surface area contributed by atoms with Crippen LogP contribution in [-0.2, 0) is 0 Å². The molecule has 2 aromatic rings. The molecule has 0 aliphatic rings. The maximum Gasteiger partial charge on any atom is 0.573 e. The lowest BCUT2D eigenvalue weighted by atomic mass is 10.3. The molecule has 2 aromatic carbocycles. The maximum atomic E-state index is 12.1. The first-order chi connectivity index (χ1) is 11.9. The molecule has 9 heteroatoms. The van der Waals surface area contributed by atoms with Crippen LogP contribution in [0.3, 0.4) is 0 Å². The van der Waals surface area contributed by atoms with E-state index < -0.39 is 12.4 Å². The van der Waals surface area contributed by atoms with Gasteiger partial charge in [0.05, 0.1) is 6.61 Å². The number of carbonyl (C=O) groups excluding carboxylic acids is 1. The van der Waals surface area contributed by atoms with Gasteiger partial charge in [-0.25, -0.2) is 4.79 Å². The highest BCUT2D eigenvalue weighted by Gasteiger charge is 2.30. The van der Waals surface area contributed by atoms with Crippen LogP contribution in [0.15, 0.2) is 48.5 Å². The lowest BCUT2D eigenvalue weighted by molar-refractivity contribution is -0.274. The topological polar surface area (TPSA) is 79.8 Å². The molecule has 134 valence electrons. The molecule has 0 bridgehead atoms. The summed E-state index contributed by atoms with van der Waals surface area (Å²) in [6.45, 7) is -0.00577. The summed E-state index contributed by atoms with van der Waals surface area (Å²) in [6.07, 6.45) is -4.77. The van der Waals surface area contributed by atoms with Crippen LogP contribution in [0.4, 0.5) is 29.3 Å². The number of benzene rings is 2. The number of amides is 2. The Bertz CT molecular complexity index is 705. The highest BCUT2D eigenvalue weighted by molar-refractivity contribution is 5.99. The fraction of sp³-hybridized carbons (Fsp3) is 0.188. The second-order valence-electron chi connectivity index (χ2n) is 4.75. The molecule has 25 heavy (non-hydrogen) atoms. The Hall–Kier alpha value is -2.94. The van der Waals surface area contributed by atoms with Gasteiger partial charge in [-0.1, -0.05) is 6.07 Å². The number of aliphatic hydroxyl groups is 1. The predicted molar refractivity (Wildman–Crippen MR) is 84.8 cm³/mol. The summed E-state index contributed by atoms with van der Waals surface area (Å²) in [7, 11) is 0. The highest BCUT2D eigenvalue weighted by atomic mass is 19.4. The molecule has 0 aliphatic heterocycles. The molecular weight excluding hydrogens is 341 g/mol. The van der Waals surface area contributed by atoms with Gasteiger partial charge in [-0.2, -0.15) is 0 Å². The van der Waals surface area contributed by atoms with Crippen molar-refractivity contribution in [1.82, 2.24) is 0 Å². The largest absolute Gasteiger partial charge is 0.573 e. The van der Waals surface area contributed by atoms with E-state index in [0.29, 0.717) is 17.1 Å². The molecule has 3 N–H and O–H groups in total. The third-order valence-electron chi connectivity index (χ3n) is 2.80. The number of ether oxygens (including phenoxy) is 2. The standard InChI is InChI=1S/C16H15F3N2O4/c17-16(18,19)25-13-6-4-11(5-7-13)20-15(23)21-12-2-1-3-14(10-12)24-9-8-22/h1-7,10,22H,8-9H2,(H2,20,21,23). The van der Waals surface area contributed by atoms with Gasteiger partial charge >= 0.3 is 12.4 Å². The Kier molecular flexibility index (Phi) is 6.07. The molecule has 0 saturated heterocycles. The number of hydrogen-bond donors (Lipinski definition) is 3. The van der Waals surface area contributed by atoms with E-state index in [1.54, 1.807) is 24.3 Å². The van der Waals surface area contributed by atoms with E-state index in [-0.39, 0.29) is 19.0 Å². The molecule has 0 aliphatic carbocycles. The molecule has 0 radical (unpaired) electrons. The predicted octanol–water partition coefficient (Wildman–Crippen LogP) is 3.60. The normalized spacial score (nSPS) is 10.9. The minimum atomic E-state index is -4.77. The minimum Gasteiger partial charge on any atom is -0.491 e. The molecule has 0 aromatic heterocycles. The van der Waals surface area contributed by atoms with E-state index in [4.69, 9.17) is 9.84 Å². The van der Waals surface area contributed by atoms with Crippen LogP contribution in [0.5, 0.6) is 11.5 Å². The summed E-state index contributed by atoms with van der Waals surface area (Å²) in [4.78, 5) is 11.9. The van der Waals surface area contributed by atoms with Gasteiger partial charge in [0.1, 0.15) is 18.1 Å². The quantitative estimate of drug-likeness (QED) is 0.739. The zero-order valence-electron chi connectivity index (χ0n) is 12.8. The van der Waals surface area contributed by atoms with E-state index in [9.17, 15) is 18.0 Å². The maximum absolute atomic E-state index is 12.1. The average Bonchev–Trinajstić information content (AvgIpc) is 2.54. The number of alkyl halides is 3. The van der Waals surface area contributed by atoms with Crippen molar-refractivity contribution in [3.8, 4) is 11.5 Å². The molecule has 2 amide bonds. The Morgan fingerprint density at radius 2 is 1.68 bits per heavy atom. The van der Waals surface area contributed by atoms with Gasteiger partial charge in [0.15, 0.2) is 0 Å². The van der Waals surface area contributed by atoms with Crippen molar-refractivity contribution >= 4 is 17.4 Å². The summed E-state index contributed by atoms with van der Waals surface area (Å²) >= 11 is 0. The fourth-order valence-corrected chi connectivity index (χ4v) is 1.86. The summed E-state index contributed by atoms with van der Waals surface area (Å²) in [6, 6.07) is 10.7. The van der Waals surface area contributed by atoms with Gasteiger partial charge in [-0.15, -0.1) is 13.2 Å². The van der Waals surface area contributed by atoms with Gasteiger partial charge in [0.25, 0.3) is 0 Å². The van der Waals surface area contributed by atoms with E-state index in [1.807, 2.05) is 0 Å². The summed E-state index contributed by atoms with van der Waals surface area (Å²) < 4.78 is 45.2. The van der Waals surface area contributed by atoms with Crippen molar-refractivity contribution in [2.45, 2.75) is 6.36 Å². The number of urea groups is 1. The van der Waals surface area contributed by atoms with Crippen molar-refractivity contribution in [3.63, 3.8) is 0 Å². The Morgan fingerprint density at radius 3 is 2.32 bits per heavy atom. The summed E-state index contributed by atoms with van der Waals surface area (Å²) in [5.41, 5.74) is 0.740. The lowest BCUT2D eigenvalue weighted by Crippen LogP contribution is -2.19. The first-order valence-electron chi connectivity index (χ1n) is 7.13. The second-order valence-corrected chi connectivity index (χ2v) is 4.75. The molecule has 0 fully saturated rings. The third kappa shape index (κ3) is 6.60. The van der Waals surface area contributed by atoms with Crippen LogP contribution in [0.1, 0.15) is 0 Å². The van der Waals surface area contributed by atoms with Gasteiger partial charge in [0, 0.05) is 17.4 Å². The average molecular weight is 356 g/mol. The van der Waals surface area contributed by atoms with E-state index in [2.05, 4.69) is 15.4 Å². The Balaban J connectivity index is 1.91. The molecular formula is C16H15F3N2O4. The first kappa shape index (κ1) is 18.4. The molecule has 0 spiro atoms. The zero-order valence-corrected chi connectivity index (χ0v) is 12.8. The monoisotopic (exact) mass is 356 g/mol. The Labute approximate surface area is 141 Å². The molecule has 0 heterocycles. The zero-order chi connectivity index (χ0) is 18.3. The van der Waals surface area contributed by atoms with Gasteiger partial charge < -0.3 is 25.2 Å². The van der Waals surface area contributed by atoms with Gasteiger partial charge in [-0.05, 0) is 36.4 Å². The smallest absolute Gasteiger partial charge is 0.491 e. The summed E-state index contributed by atoms with van der Waals surface area (Å²) in [5, 5.41) is 13.7. The van der Waals surface area contributed by atoms with Crippen molar-refractivity contribution in [3.05, 3.63) is 48.5 Å². The van der Waals surface area contributed by atoms with Crippen LogP contribution in [-0.4, -0.2) is 30.7 Å². The van der Waals surface area contributed by atoms with Crippen LogP contribution < -0.4 is 20.1 Å². The number of halogens is 3. The number of nitrogens with one attached hydrogen (secondary N) is 2. The molecule has 2 rings (SSSR count). The molecule has 0 unspecified atom stereocenters. The van der Waals surface area contributed by atoms with Crippen LogP contribution >= 0.6 is 0 Å². The number of anilines is 2. The molecule has 6 nitrogen and oxygen atoms in total. The first-order valence-corrected chi connectivity index (χ1v) is 7.13. The Morgan fingerprint density at radius 1 is 1.00 bits per heavy atom. The fourth-order valence-electron chi connectivity index (χ4n) is 1.86. The minimum absolute atomic E-state index is 0.127. The van der Waals surface area contributed by atoms with Crippen molar-refractivity contribution in [1.29, 1.82) is 0 Å². The SMILES string of the molecule is O=C(Nc1ccc(OC(F)(F)F)cc1)Nc1cccc(OCCO)c1. The second kappa shape index (κ2) is 8.25. The number of hydrogen-bond acceptors (Lipinski definition) is 4. The number of rotatable bonds is 6. The number of carbonyl (C=O) groups is 1. The molecule has 0 atom stereocenters. The van der Waals surface area contributed by atoms with Crippen molar-refractivity contribution in [2.75, 3.05) is 23.8 Å². The van der Waals surface area contributed by atoms with Gasteiger partial charge in [0.2, 0.25) is 0 Å². The van der Waals surface area contributed by atoms with Crippen molar-refractivity contribution in [2.24, 2.45) is 0 Å². The van der Waals surface area contributed by atoms with E-state index >= 15 is 0 Å². The van der Waals surface area contributed by atoms with Crippen molar-refractivity contribution < 1.29 is 32.5 Å². The van der Waals surface area contributed by atoms with Crippen LogP contribution in [0.2, 0.25) is 0 Å². The van der Waals surface area contributed by atoms with Crippen LogP contribution in [0, 0.1) is 0 Å². The van der Waals surface area contributed by atoms with E-state index in [1.165, 1.54) is 12.1 Å². The summed E-state index contributed by atoms with van der Waals surface area (Å²) in [5.74, 6) is 0.0905. The number of aliphatic hydroxyl groups excluding tert-OH is 1. The third-order valence-corrected chi connectivity index (χ3v) is 2.80. The van der Waals surface area contributed by atoms with Gasteiger partial charge in [-0.3, -0.25) is 0 Å². The highest BCUT2D eigenvalue weighted by Crippen LogP contribution is 2.24. The molecule has 0 saturated carbocycles. The lowest BCUT2D eigenvalue weighted by Gasteiger charge is -2.11.